The van der Waals surface area contributed by atoms with Crippen LogP contribution in [0.4, 0.5) is 11.4 Å². The van der Waals surface area contributed by atoms with Gasteiger partial charge in [-0.15, -0.1) is 0 Å². The van der Waals surface area contributed by atoms with Crippen molar-refractivity contribution >= 4 is 27.3 Å². The third-order valence-electron chi connectivity index (χ3n) is 2.26. The van der Waals surface area contributed by atoms with Gasteiger partial charge in [0.05, 0.1) is 21.6 Å². The van der Waals surface area contributed by atoms with Crippen LogP contribution in [0.2, 0.25) is 0 Å². The Balaban J connectivity index is 2.07. The van der Waals surface area contributed by atoms with E-state index < -0.39 is 4.92 Å². The summed E-state index contributed by atoms with van der Waals surface area (Å²) in [6.45, 7) is 0.534. The monoisotopic (exact) mass is 308 g/mol. The summed E-state index contributed by atoms with van der Waals surface area (Å²) in [6.07, 6.45) is 3.14. The summed E-state index contributed by atoms with van der Waals surface area (Å²) in [5.41, 5.74) is 1.67. The predicted octanol–water partition coefficient (Wildman–Crippen LogP) is 2.76. The number of nitrogens with zero attached hydrogens (tertiary/aromatic N) is 3. The van der Waals surface area contributed by atoms with E-state index in [0.717, 1.165) is 11.4 Å². The van der Waals surface area contributed by atoms with Crippen LogP contribution < -0.4 is 5.32 Å². The van der Waals surface area contributed by atoms with E-state index in [1.54, 1.807) is 24.4 Å². The van der Waals surface area contributed by atoms with E-state index in [9.17, 15) is 10.1 Å². The van der Waals surface area contributed by atoms with Gasteiger partial charge in [0.15, 0.2) is 0 Å². The van der Waals surface area contributed by atoms with E-state index in [-0.39, 0.29) is 5.69 Å². The summed E-state index contributed by atoms with van der Waals surface area (Å²) < 4.78 is 0.445. The highest BCUT2D eigenvalue weighted by Crippen LogP contribution is 2.27. The molecule has 0 aliphatic rings. The number of nitro groups is 1. The Labute approximate surface area is 111 Å². The van der Waals surface area contributed by atoms with Gasteiger partial charge in [-0.05, 0) is 34.1 Å². The molecule has 6 nitrogen and oxygen atoms in total. The molecule has 0 aliphatic carbocycles. The number of nitrogens with one attached hydrogen (secondary N) is 1. The fourth-order valence-electron chi connectivity index (χ4n) is 1.38. The van der Waals surface area contributed by atoms with E-state index in [2.05, 4.69) is 31.2 Å². The number of anilines is 1. The first kappa shape index (κ1) is 12.4. The first-order valence-electron chi connectivity index (χ1n) is 5.09. The zero-order chi connectivity index (χ0) is 13.0. The molecule has 0 saturated heterocycles. The molecule has 0 bridgehead atoms. The molecule has 1 heterocycles. The van der Waals surface area contributed by atoms with Gasteiger partial charge in [-0.2, -0.15) is 0 Å². The number of halogens is 1. The van der Waals surface area contributed by atoms with Gasteiger partial charge < -0.3 is 5.32 Å². The first-order valence-corrected chi connectivity index (χ1v) is 5.89. The topological polar surface area (TPSA) is 81.0 Å². The second kappa shape index (κ2) is 5.54. The van der Waals surface area contributed by atoms with E-state index in [0.29, 0.717) is 11.0 Å². The van der Waals surface area contributed by atoms with Crippen LogP contribution in [0.15, 0.2) is 41.3 Å². The molecular weight excluding hydrogens is 300 g/mol. The Morgan fingerprint density at radius 1 is 1.39 bits per heavy atom. The van der Waals surface area contributed by atoms with Gasteiger partial charge in [-0.1, -0.05) is 0 Å². The van der Waals surface area contributed by atoms with E-state index in [1.807, 2.05) is 0 Å². The molecule has 0 saturated carbocycles. The minimum Gasteiger partial charge on any atom is -0.379 e. The Morgan fingerprint density at radius 3 is 2.83 bits per heavy atom. The Morgan fingerprint density at radius 2 is 2.22 bits per heavy atom. The summed E-state index contributed by atoms with van der Waals surface area (Å²) in [4.78, 5) is 18.1. The van der Waals surface area contributed by atoms with Gasteiger partial charge in [0.2, 0.25) is 0 Å². The number of benzene rings is 1. The summed E-state index contributed by atoms with van der Waals surface area (Å²) in [7, 11) is 0. The van der Waals surface area contributed by atoms with Crippen LogP contribution >= 0.6 is 15.9 Å². The summed E-state index contributed by atoms with van der Waals surface area (Å²) in [6, 6.07) is 6.57. The van der Waals surface area contributed by atoms with Crippen molar-refractivity contribution in [2.24, 2.45) is 0 Å². The highest BCUT2D eigenvalue weighted by atomic mass is 79.9. The summed E-state index contributed by atoms with van der Waals surface area (Å²) in [5.74, 6) is 0. The number of hydrogen-bond donors (Lipinski definition) is 1. The van der Waals surface area contributed by atoms with Crippen LogP contribution in [0, 0.1) is 10.1 Å². The van der Waals surface area contributed by atoms with Gasteiger partial charge in [-0.3, -0.25) is 10.1 Å². The molecule has 0 atom stereocenters. The molecule has 0 unspecified atom stereocenters. The average molecular weight is 309 g/mol. The molecule has 0 radical (unpaired) electrons. The Kier molecular flexibility index (Phi) is 3.83. The summed E-state index contributed by atoms with van der Waals surface area (Å²) >= 11 is 3.17. The van der Waals surface area contributed by atoms with Crippen LogP contribution in [0.3, 0.4) is 0 Å². The smallest absolute Gasteiger partial charge is 0.283 e. The highest BCUT2D eigenvalue weighted by molar-refractivity contribution is 9.10. The lowest BCUT2D eigenvalue weighted by atomic mass is 10.3. The lowest BCUT2D eigenvalue weighted by Gasteiger charge is -2.06. The molecule has 0 amide bonds. The lowest BCUT2D eigenvalue weighted by Crippen LogP contribution is -2.01. The minimum absolute atomic E-state index is 0.0441. The molecule has 0 spiro atoms. The molecule has 2 rings (SSSR count). The fourth-order valence-corrected chi connectivity index (χ4v) is 1.90. The molecule has 0 fully saturated rings. The first-order chi connectivity index (χ1) is 8.66. The van der Waals surface area contributed by atoms with Gasteiger partial charge in [0.25, 0.3) is 5.69 Å². The standard InChI is InChI=1S/C11H9BrN4O2/c12-10-5-8(1-2-11(10)16(17)18)14-6-9-3-4-13-7-15-9/h1-5,7,14H,6H2. The van der Waals surface area contributed by atoms with Crippen molar-refractivity contribution in [1.82, 2.24) is 9.97 Å². The van der Waals surface area contributed by atoms with E-state index >= 15 is 0 Å². The van der Waals surface area contributed by atoms with Crippen LogP contribution in [0.1, 0.15) is 5.69 Å². The molecule has 1 N–H and O–H groups in total. The van der Waals surface area contributed by atoms with E-state index in [4.69, 9.17) is 0 Å². The maximum absolute atomic E-state index is 10.7. The molecule has 7 heteroatoms. The Hall–Kier alpha value is -2.02. The van der Waals surface area contributed by atoms with Crippen molar-refractivity contribution in [2.75, 3.05) is 5.32 Å². The van der Waals surface area contributed by atoms with Crippen LogP contribution in [-0.2, 0) is 6.54 Å². The number of rotatable bonds is 4. The van der Waals surface area contributed by atoms with Crippen LogP contribution in [0.5, 0.6) is 0 Å². The predicted molar refractivity (Wildman–Crippen MR) is 70.2 cm³/mol. The molecule has 92 valence electrons. The van der Waals surface area contributed by atoms with Gasteiger partial charge in [0.1, 0.15) is 6.33 Å². The number of nitro benzene ring substituents is 1. The largest absolute Gasteiger partial charge is 0.379 e. The average Bonchev–Trinajstić information content (AvgIpc) is 2.37. The highest BCUT2D eigenvalue weighted by Gasteiger charge is 2.11. The van der Waals surface area contributed by atoms with Crippen molar-refractivity contribution in [3.05, 3.63) is 57.1 Å². The second-order valence-electron chi connectivity index (χ2n) is 3.48. The minimum atomic E-state index is -0.432. The van der Waals surface area contributed by atoms with Crippen molar-refractivity contribution in [1.29, 1.82) is 0 Å². The van der Waals surface area contributed by atoms with Crippen LogP contribution in [-0.4, -0.2) is 14.9 Å². The molecule has 1 aromatic carbocycles. The van der Waals surface area contributed by atoms with E-state index in [1.165, 1.54) is 12.4 Å². The molecular formula is C11H9BrN4O2. The van der Waals surface area contributed by atoms with Crippen molar-refractivity contribution in [3.63, 3.8) is 0 Å². The maximum Gasteiger partial charge on any atom is 0.283 e. The summed E-state index contributed by atoms with van der Waals surface area (Å²) in [5, 5.41) is 13.8. The third-order valence-corrected chi connectivity index (χ3v) is 2.90. The molecule has 1 aromatic heterocycles. The normalized spacial score (nSPS) is 10.1. The zero-order valence-electron chi connectivity index (χ0n) is 9.21. The van der Waals surface area contributed by atoms with Gasteiger partial charge in [0, 0.05) is 18.0 Å². The van der Waals surface area contributed by atoms with Gasteiger partial charge >= 0.3 is 0 Å². The lowest BCUT2D eigenvalue weighted by molar-refractivity contribution is -0.385. The maximum atomic E-state index is 10.7. The number of hydrogen-bond acceptors (Lipinski definition) is 5. The second-order valence-corrected chi connectivity index (χ2v) is 4.33. The zero-order valence-corrected chi connectivity index (χ0v) is 10.8. The van der Waals surface area contributed by atoms with Gasteiger partial charge in [-0.25, -0.2) is 9.97 Å². The fraction of sp³-hybridized carbons (Fsp3) is 0.0909. The molecule has 2 aromatic rings. The SMILES string of the molecule is O=[N+]([O-])c1ccc(NCc2ccncn2)cc1Br. The quantitative estimate of drug-likeness (QED) is 0.694. The molecule has 18 heavy (non-hydrogen) atoms. The Bertz CT molecular complexity index is 562. The van der Waals surface area contributed by atoms with Crippen molar-refractivity contribution in [2.45, 2.75) is 6.54 Å². The van der Waals surface area contributed by atoms with Crippen molar-refractivity contribution in [3.8, 4) is 0 Å². The van der Waals surface area contributed by atoms with Crippen molar-refractivity contribution < 1.29 is 4.92 Å². The third kappa shape index (κ3) is 3.01. The number of aromatic nitrogens is 2. The molecule has 0 aliphatic heterocycles. The van der Waals surface area contributed by atoms with Crippen LogP contribution in [0.25, 0.3) is 0 Å².